The molecule has 0 amide bonds. The molecule has 1 N–H and O–H groups in total. The molecule has 20 heavy (non-hydrogen) atoms. The van der Waals surface area contributed by atoms with Gasteiger partial charge in [-0.05, 0) is 30.7 Å². The monoisotopic (exact) mass is 274 g/mol. The van der Waals surface area contributed by atoms with Gasteiger partial charge >= 0.3 is 5.97 Å². The fraction of sp³-hybridized carbons (Fsp3) is 0.529. The van der Waals surface area contributed by atoms with E-state index in [2.05, 4.69) is 6.92 Å². The van der Waals surface area contributed by atoms with Crippen LogP contribution in [0.5, 0.6) is 0 Å². The minimum Gasteiger partial charge on any atom is -0.481 e. The van der Waals surface area contributed by atoms with Gasteiger partial charge in [-0.15, -0.1) is 0 Å². The van der Waals surface area contributed by atoms with Gasteiger partial charge in [-0.25, -0.2) is 0 Å². The van der Waals surface area contributed by atoms with Gasteiger partial charge in [0.05, 0.1) is 5.92 Å². The van der Waals surface area contributed by atoms with Gasteiger partial charge < -0.3 is 5.11 Å². The number of carbonyl (C=O) groups excluding carboxylic acids is 1. The molecular weight excluding hydrogens is 252 g/mol. The lowest BCUT2D eigenvalue weighted by Gasteiger charge is -2.14. The molecule has 1 fully saturated rings. The van der Waals surface area contributed by atoms with Crippen LogP contribution in [0.15, 0.2) is 24.3 Å². The Kier molecular flexibility index (Phi) is 4.58. The average Bonchev–Trinajstić information content (AvgIpc) is 2.81. The zero-order valence-corrected chi connectivity index (χ0v) is 12.1. The molecule has 3 unspecified atom stereocenters. The maximum Gasteiger partial charge on any atom is 0.307 e. The fourth-order valence-corrected chi connectivity index (χ4v) is 3.19. The number of carboxylic acids is 1. The van der Waals surface area contributed by atoms with Crippen molar-refractivity contribution in [3.8, 4) is 0 Å². The van der Waals surface area contributed by atoms with Gasteiger partial charge in [-0.1, -0.05) is 44.5 Å². The summed E-state index contributed by atoms with van der Waals surface area (Å²) in [6.07, 6.45) is 3.38. The Balaban J connectivity index is 2.15. The lowest BCUT2D eigenvalue weighted by Crippen LogP contribution is -2.25. The van der Waals surface area contributed by atoms with E-state index in [4.69, 9.17) is 0 Å². The molecule has 108 valence electrons. The molecule has 1 aliphatic rings. The van der Waals surface area contributed by atoms with Crippen molar-refractivity contribution in [2.45, 2.75) is 39.5 Å². The van der Waals surface area contributed by atoms with Gasteiger partial charge in [-0.2, -0.15) is 0 Å². The van der Waals surface area contributed by atoms with Crippen molar-refractivity contribution in [3.05, 3.63) is 35.4 Å². The molecule has 0 aliphatic heterocycles. The number of ketones is 1. The summed E-state index contributed by atoms with van der Waals surface area (Å²) in [5.74, 6) is -1.42. The highest BCUT2D eigenvalue weighted by Crippen LogP contribution is 2.38. The Hall–Kier alpha value is -1.64. The molecule has 0 bridgehead atoms. The number of aryl methyl sites for hydroxylation is 1. The largest absolute Gasteiger partial charge is 0.481 e. The van der Waals surface area contributed by atoms with Crippen LogP contribution < -0.4 is 0 Å². The number of hydrogen-bond donors (Lipinski definition) is 1. The van der Waals surface area contributed by atoms with Crippen molar-refractivity contribution in [1.29, 1.82) is 0 Å². The standard InChI is InChI=1S/C17H22O3/c1-3-4-12-5-7-13(8-6-12)16(18)14-9-11(2)10-15(14)17(19)20/h5-8,11,14-15H,3-4,9-10H2,1-2H3,(H,19,20). The molecule has 3 nitrogen and oxygen atoms in total. The van der Waals surface area contributed by atoms with E-state index in [1.165, 1.54) is 5.56 Å². The van der Waals surface area contributed by atoms with Crippen molar-refractivity contribution >= 4 is 11.8 Å². The maximum atomic E-state index is 12.5. The second-order valence-corrected chi connectivity index (χ2v) is 5.94. The minimum absolute atomic E-state index is 0.00945. The van der Waals surface area contributed by atoms with Gasteiger partial charge in [0.1, 0.15) is 0 Å². The van der Waals surface area contributed by atoms with Crippen LogP contribution in [0.3, 0.4) is 0 Å². The van der Waals surface area contributed by atoms with E-state index in [-0.39, 0.29) is 11.7 Å². The number of aliphatic carboxylic acids is 1. The molecule has 0 saturated heterocycles. The lowest BCUT2D eigenvalue weighted by molar-refractivity contribution is -0.142. The molecular formula is C17H22O3. The average molecular weight is 274 g/mol. The molecule has 1 saturated carbocycles. The number of Topliss-reactive ketones (excluding diaryl/α,β-unsaturated/α-hetero) is 1. The maximum absolute atomic E-state index is 12.5. The smallest absolute Gasteiger partial charge is 0.307 e. The third kappa shape index (κ3) is 3.09. The molecule has 3 atom stereocenters. The van der Waals surface area contributed by atoms with E-state index in [9.17, 15) is 14.7 Å². The summed E-state index contributed by atoms with van der Waals surface area (Å²) >= 11 is 0. The third-order valence-electron chi connectivity index (χ3n) is 4.23. The zero-order valence-electron chi connectivity index (χ0n) is 12.1. The summed E-state index contributed by atoms with van der Waals surface area (Å²) in [6, 6.07) is 7.64. The van der Waals surface area contributed by atoms with Crippen molar-refractivity contribution in [1.82, 2.24) is 0 Å². The van der Waals surface area contributed by atoms with Gasteiger partial charge in [-0.3, -0.25) is 9.59 Å². The highest BCUT2D eigenvalue weighted by molar-refractivity contribution is 6.00. The predicted octanol–water partition coefficient (Wildman–Crippen LogP) is 3.57. The third-order valence-corrected chi connectivity index (χ3v) is 4.23. The van der Waals surface area contributed by atoms with Gasteiger partial charge in [0.15, 0.2) is 5.78 Å². The summed E-state index contributed by atoms with van der Waals surface area (Å²) < 4.78 is 0. The molecule has 0 spiro atoms. The Morgan fingerprint density at radius 2 is 1.75 bits per heavy atom. The Bertz CT molecular complexity index is 489. The number of carboxylic acid groups (broad SMARTS) is 1. The first kappa shape index (κ1) is 14.8. The van der Waals surface area contributed by atoms with Crippen LogP contribution in [-0.2, 0) is 11.2 Å². The van der Waals surface area contributed by atoms with Gasteiger partial charge in [0.2, 0.25) is 0 Å². The summed E-state index contributed by atoms with van der Waals surface area (Å²) in [4.78, 5) is 23.8. The summed E-state index contributed by atoms with van der Waals surface area (Å²) in [7, 11) is 0. The van der Waals surface area contributed by atoms with Crippen molar-refractivity contribution < 1.29 is 14.7 Å². The summed E-state index contributed by atoms with van der Waals surface area (Å²) in [6.45, 7) is 4.14. The van der Waals surface area contributed by atoms with Crippen molar-refractivity contribution in [2.24, 2.45) is 17.8 Å². The molecule has 1 aromatic carbocycles. The molecule has 2 rings (SSSR count). The van der Waals surface area contributed by atoms with Gasteiger partial charge in [0.25, 0.3) is 0 Å². The minimum atomic E-state index is -0.838. The summed E-state index contributed by atoms with van der Waals surface area (Å²) in [5, 5.41) is 9.26. The quantitative estimate of drug-likeness (QED) is 0.835. The predicted molar refractivity (Wildman–Crippen MR) is 77.8 cm³/mol. The highest BCUT2D eigenvalue weighted by atomic mass is 16.4. The van der Waals surface area contributed by atoms with Crippen LogP contribution in [0.1, 0.15) is 49.0 Å². The molecule has 0 aromatic heterocycles. The van der Waals surface area contributed by atoms with E-state index >= 15 is 0 Å². The van der Waals surface area contributed by atoms with Crippen molar-refractivity contribution in [3.63, 3.8) is 0 Å². The highest BCUT2D eigenvalue weighted by Gasteiger charge is 2.41. The number of carbonyl (C=O) groups is 2. The fourth-order valence-electron chi connectivity index (χ4n) is 3.19. The molecule has 0 radical (unpaired) electrons. The molecule has 0 heterocycles. The SMILES string of the molecule is CCCc1ccc(C(=O)C2CC(C)CC2C(=O)O)cc1. The topological polar surface area (TPSA) is 54.4 Å². The Morgan fingerprint density at radius 1 is 1.15 bits per heavy atom. The van der Waals surface area contributed by atoms with Crippen LogP contribution in [0.2, 0.25) is 0 Å². The van der Waals surface area contributed by atoms with E-state index < -0.39 is 11.9 Å². The van der Waals surface area contributed by atoms with Gasteiger partial charge in [0, 0.05) is 11.5 Å². The van der Waals surface area contributed by atoms with Crippen molar-refractivity contribution in [2.75, 3.05) is 0 Å². The van der Waals surface area contributed by atoms with E-state index in [0.29, 0.717) is 24.3 Å². The van der Waals surface area contributed by atoms with Crippen LogP contribution in [0, 0.1) is 17.8 Å². The Morgan fingerprint density at radius 3 is 2.30 bits per heavy atom. The normalized spacial score (nSPS) is 25.6. The Labute approximate surface area is 120 Å². The van der Waals surface area contributed by atoms with Crippen LogP contribution >= 0.6 is 0 Å². The lowest BCUT2D eigenvalue weighted by atomic mass is 9.88. The second kappa shape index (κ2) is 6.21. The molecule has 3 heteroatoms. The summed E-state index contributed by atoms with van der Waals surface area (Å²) in [5.41, 5.74) is 1.87. The van der Waals surface area contributed by atoms with E-state index in [0.717, 1.165) is 12.8 Å². The van der Waals surface area contributed by atoms with E-state index in [1.807, 2.05) is 31.2 Å². The van der Waals surface area contributed by atoms with Crippen LogP contribution in [0.25, 0.3) is 0 Å². The number of benzene rings is 1. The molecule has 1 aliphatic carbocycles. The second-order valence-electron chi connectivity index (χ2n) is 5.94. The molecule has 1 aromatic rings. The first-order valence-corrected chi connectivity index (χ1v) is 7.38. The first-order valence-electron chi connectivity index (χ1n) is 7.38. The number of rotatable bonds is 5. The van der Waals surface area contributed by atoms with Crippen LogP contribution in [0.4, 0.5) is 0 Å². The van der Waals surface area contributed by atoms with Crippen LogP contribution in [-0.4, -0.2) is 16.9 Å². The number of hydrogen-bond acceptors (Lipinski definition) is 2. The van der Waals surface area contributed by atoms with E-state index in [1.54, 1.807) is 0 Å². The zero-order chi connectivity index (χ0) is 14.7. The first-order chi connectivity index (χ1) is 9.52.